The molecule has 2 amide bonds. The highest BCUT2D eigenvalue weighted by Crippen LogP contribution is 2.30. The summed E-state index contributed by atoms with van der Waals surface area (Å²) >= 11 is 6.28. The van der Waals surface area contributed by atoms with Crippen LogP contribution in [-0.2, 0) is 0 Å². The topological polar surface area (TPSA) is 38.8 Å². The van der Waals surface area contributed by atoms with Crippen LogP contribution < -0.4 is 10.2 Å². The van der Waals surface area contributed by atoms with Crippen LogP contribution in [0.4, 0.5) is 10.5 Å². The summed E-state index contributed by atoms with van der Waals surface area (Å²) in [6, 6.07) is -1.84. The minimum absolute atomic E-state index is 0.0771. The van der Waals surface area contributed by atoms with Crippen LogP contribution in [0.1, 0.15) is 67.6 Å². The molecule has 0 spiro atoms. The number of anilines is 1. The van der Waals surface area contributed by atoms with E-state index in [0.717, 1.165) is 20.2 Å². The molecule has 5 nitrogen and oxygen atoms in total. The highest BCUT2D eigenvalue weighted by Gasteiger charge is 2.24. The predicted octanol–water partition coefficient (Wildman–Crippen LogP) is 3.99. The predicted molar refractivity (Wildman–Crippen MR) is 117 cm³/mol. The first-order valence-electron chi connectivity index (χ1n) is 19.1. The average Bonchev–Trinajstić information content (AvgIpc) is 2.91. The van der Waals surface area contributed by atoms with E-state index in [1.807, 2.05) is 0 Å². The number of carbonyl (C=O) groups excluding carboxylic acids is 1. The van der Waals surface area contributed by atoms with Crippen LogP contribution in [0.15, 0.2) is 18.2 Å². The number of benzene rings is 1. The van der Waals surface area contributed by atoms with E-state index in [4.69, 9.17) is 41.8 Å². The third-order valence-corrected chi connectivity index (χ3v) is 4.01. The zero-order valence-corrected chi connectivity index (χ0v) is 16.1. The molecule has 2 aliphatic rings. The van der Waals surface area contributed by atoms with Gasteiger partial charge in [0.1, 0.15) is 0 Å². The number of nitrogens with zero attached hydrogens (tertiary/aromatic N) is 3. The summed E-state index contributed by atoms with van der Waals surface area (Å²) in [5, 5.41) is 1.15. The van der Waals surface area contributed by atoms with E-state index in [0.29, 0.717) is 4.90 Å². The number of aryl methyl sites for hydroxylation is 1. The Morgan fingerprint density at radius 2 is 1.96 bits per heavy atom. The molecule has 0 aromatic heterocycles. The van der Waals surface area contributed by atoms with Gasteiger partial charge >= 0.3 is 6.03 Å². The Hall–Kier alpha value is -1.46. The van der Waals surface area contributed by atoms with Gasteiger partial charge in [0.05, 0.1) is 17.6 Å². The maximum absolute atomic E-state index is 12.5. The molecule has 0 bridgehead atoms. The summed E-state index contributed by atoms with van der Waals surface area (Å²) in [5.74, 6) is -4.82. The molecule has 1 saturated heterocycles. The fourth-order valence-corrected chi connectivity index (χ4v) is 2.22. The molecule has 3 rings (SSSR count). The quantitative estimate of drug-likeness (QED) is 0.770. The smallest absolute Gasteiger partial charge is 0.317 e. The van der Waals surface area contributed by atoms with E-state index in [2.05, 4.69) is 0 Å². The Balaban J connectivity index is 2.43. The van der Waals surface area contributed by atoms with Gasteiger partial charge in [-0.1, -0.05) is 23.7 Å². The number of halogens is 1. The van der Waals surface area contributed by atoms with Crippen LogP contribution >= 0.6 is 11.6 Å². The zero-order chi connectivity index (χ0) is 39.9. The van der Waals surface area contributed by atoms with Crippen LogP contribution in [-0.4, -0.2) is 68.4 Å². The maximum Gasteiger partial charge on any atom is 0.317 e. The van der Waals surface area contributed by atoms with Crippen molar-refractivity contribution in [3.8, 4) is 0 Å². The Labute approximate surface area is 205 Å². The van der Waals surface area contributed by atoms with E-state index in [1.54, 1.807) is 0 Å². The van der Waals surface area contributed by atoms with Gasteiger partial charge in [0.25, 0.3) is 0 Å². The molecule has 1 heterocycles. The lowest BCUT2D eigenvalue weighted by atomic mass is 9.84. The lowest BCUT2D eigenvalue weighted by molar-refractivity contribution is 0.194. The van der Waals surface area contributed by atoms with Gasteiger partial charge in [0.15, 0.2) is 0 Å². The molecule has 0 unspecified atom stereocenters. The monoisotopic (exact) mass is 428 g/mol. The Kier molecular flexibility index (Phi) is 2.38. The maximum atomic E-state index is 12.5. The van der Waals surface area contributed by atoms with Crippen LogP contribution in [0.25, 0.3) is 0 Å². The van der Waals surface area contributed by atoms with Crippen LogP contribution in [0.5, 0.6) is 0 Å². The molecule has 2 fully saturated rings. The second kappa shape index (κ2) is 9.84. The molecule has 0 radical (unpaired) electrons. The first-order valence-corrected chi connectivity index (χ1v) is 8.47. The molecule has 1 aliphatic carbocycles. The number of carbonyl (C=O) groups is 1. The second-order valence-electron chi connectivity index (χ2n) is 5.84. The van der Waals surface area contributed by atoms with Gasteiger partial charge in [-0.25, -0.2) is 4.79 Å². The van der Waals surface area contributed by atoms with Crippen molar-refractivity contribution in [2.24, 2.45) is 5.89 Å². The minimum atomic E-state index is -4.89. The van der Waals surface area contributed by atoms with Crippen molar-refractivity contribution in [2.75, 3.05) is 51.5 Å². The van der Waals surface area contributed by atoms with E-state index >= 15 is 0 Å². The Morgan fingerprint density at radius 3 is 2.61 bits per heavy atom. The normalized spacial score (nSPS) is 55.8. The van der Waals surface area contributed by atoms with E-state index < -0.39 is 92.9 Å². The first kappa shape index (κ1) is 6.78. The standard InChI is InChI=1S/C22H35ClN4O/c1-17-5-4-6-20(21(17)23)27-15-13-26(14-16-27)12-11-18-7-9-19(10-8-18)24-22(28)25(2)3/h4-6,18-19H,7-16H2,1-3H3,(H,24,28)/i7D2,8D2,9D2,10D2,11D2,12D2,13D2,14D2,15D2,16D2,18D,19D. The minimum Gasteiger partial charge on any atom is -0.368 e. The van der Waals surface area contributed by atoms with Gasteiger partial charge in [-0.3, -0.25) is 4.90 Å². The summed E-state index contributed by atoms with van der Waals surface area (Å²) in [5.41, 5.74) is -0.429. The molecule has 156 valence electrons. The number of amides is 2. The van der Waals surface area contributed by atoms with Crippen molar-refractivity contribution in [3.63, 3.8) is 0 Å². The third kappa shape index (κ3) is 5.54. The van der Waals surface area contributed by atoms with Gasteiger partial charge in [0.2, 0.25) is 0 Å². The summed E-state index contributed by atoms with van der Waals surface area (Å²) in [6.07, 6.45) is -22.8. The highest BCUT2D eigenvalue weighted by molar-refractivity contribution is 6.34. The molecular weight excluding hydrogens is 372 g/mol. The molecule has 1 aromatic rings. The SMILES string of the molecule is [2H]C1([2H])N(c2cccc(C)c2Cl)C([2H])([2H])C([2H])([2H])N(C([2H])([2H])C([2H])([2H])C2([2H])C([2H])([2H])C([2H])([2H])C([2H])(NC(=O)N(C)C)C([2H])([2H])C2([2H])[2H])C1([2H])[2H]. The lowest BCUT2D eigenvalue weighted by Crippen LogP contribution is -2.47. The molecule has 1 N–H and O–H groups in total. The Bertz CT molecular complexity index is 1490. The third-order valence-electron chi connectivity index (χ3n) is 3.52. The summed E-state index contributed by atoms with van der Waals surface area (Å²) in [7, 11) is 2.09. The molecular formula is C22H35ClN4O. The number of nitrogens with one attached hydrogen (secondary N) is 1. The summed E-state index contributed by atoms with van der Waals surface area (Å²) in [6.45, 7) is -19.8. The number of piperazine rings is 1. The second-order valence-corrected chi connectivity index (χ2v) is 6.22. The molecule has 1 aliphatic heterocycles. The molecule has 0 atom stereocenters. The molecule has 6 heteroatoms. The fraction of sp³-hybridized carbons (Fsp3) is 0.682. The van der Waals surface area contributed by atoms with Crippen molar-refractivity contribution >= 4 is 23.3 Å². The van der Waals surface area contributed by atoms with Gasteiger partial charge < -0.3 is 15.1 Å². The number of urea groups is 1. The summed E-state index contributed by atoms with van der Waals surface area (Å²) in [4.78, 5) is 12.1. The van der Waals surface area contributed by atoms with E-state index in [9.17, 15) is 4.79 Å². The average molecular weight is 429 g/mol. The van der Waals surface area contributed by atoms with Gasteiger partial charge in [0, 0.05) is 69.4 Å². The van der Waals surface area contributed by atoms with Gasteiger partial charge in [-0.05, 0) is 62.8 Å². The van der Waals surface area contributed by atoms with E-state index in [-0.39, 0.29) is 15.5 Å². The number of rotatable bonds is 5. The van der Waals surface area contributed by atoms with Crippen LogP contribution in [0, 0.1) is 12.8 Å². The Morgan fingerprint density at radius 1 is 1.29 bits per heavy atom. The molecule has 1 saturated carbocycles. The van der Waals surface area contributed by atoms with Crippen molar-refractivity contribution in [3.05, 3.63) is 28.8 Å². The highest BCUT2D eigenvalue weighted by atomic mass is 35.5. The van der Waals surface area contributed by atoms with Gasteiger partial charge in [-0.15, -0.1) is 0 Å². The van der Waals surface area contributed by atoms with Crippen molar-refractivity contribution in [1.82, 2.24) is 15.1 Å². The van der Waals surface area contributed by atoms with E-state index in [1.165, 1.54) is 24.4 Å². The number of hydrogen-bond acceptors (Lipinski definition) is 3. The fourth-order valence-electron chi connectivity index (χ4n) is 2.00. The summed E-state index contributed by atoms with van der Waals surface area (Å²) < 4.78 is 191. The van der Waals surface area contributed by atoms with Crippen molar-refractivity contribution in [1.29, 1.82) is 0 Å². The van der Waals surface area contributed by atoms with Crippen molar-refractivity contribution in [2.45, 2.75) is 44.8 Å². The lowest BCUT2D eigenvalue weighted by Gasteiger charge is -2.37. The van der Waals surface area contributed by atoms with Crippen LogP contribution in [0.2, 0.25) is 5.02 Å². The van der Waals surface area contributed by atoms with Crippen LogP contribution in [0.3, 0.4) is 0 Å². The largest absolute Gasteiger partial charge is 0.368 e. The number of hydrogen-bond donors (Lipinski definition) is 1. The zero-order valence-electron chi connectivity index (χ0n) is 37.4. The molecule has 28 heavy (non-hydrogen) atoms. The van der Waals surface area contributed by atoms with Crippen molar-refractivity contribution < 1.29 is 35.0 Å². The molecule has 1 aromatic carbocycles. The first-order chi connectivity index (χ1) is 21.7. The van der Waals surface area contributed by atoms with Gasteiger partial charge in [-0.2, -0.15) is 0 Å².